The number of rotatable bonds is 5. The summed E-state index contributed by atoms with van der Waals surface area (Å²) >= 11 is 6.12. The average Bonchev–Trinajstić information content (AvgIpc) is 3.05. The summed E-state index contributed by atoms with van der Waals surface area (Å²) in [7, 11) is 2.13. The predicted octanol–water partition coefficient (Wildman–Crippen LogP) is 5.47. The van der Waals surface area contributed by atoms with Crippen molar-refractivity contribution >= 4 is 23.0 Å². The molecule has 0 spiro atoms. The maximum absolute atomic E-state index is 6.12. The van der Waals surface area contributed by atoms with Crippen LogP contribution in [0, 0.1) is 0 Å². The van der Waals surface area contributed by atoms with Gasteiger partial charge in [-0.2, -0.15) is 0 Å². The molecule has 0 aliphatic heterocycles. The number of benzene rings is 2. The Kier molecular flexibility index (Phi) is 4.81. The van der Waals surface area contributed by atoms with Gasteiger partial charge in [-0.15, -0.1) is 0 Å². The van der Waals surface area contributed by atoms with Crippen LogP contribution in [0.3, 0.4) is 0 Å². The first-order valence-corrected chi connectivity index (χ1v) is 9.32. The molecule has 0 radical (unpaired) electrons. The first kappa shape index (κ1) is 16.9. The number of hydrogen-bond donors (Lipinski definition) is 1. The van der Waals surface area contributed by atoms with Gasteiger partial charge in [0.2, 0.25) is 0 Å². The van der Waals surface area contributed by atoms with Crippen LogP contribution >= 0.6 is 11.6 Å². The van der Waals surface area contributed by atoms with Crippen LogP contribution in [0.15, 0.2) is 67.0 Å². The van der Waals surface area contributed by atoms with E-state index in [0.29, 0.717) is 6.04 Å². The van der Waals surface area contributed by atoms with Gasteiger partial charge in [0.15, 0.2) is 0 Å². The molecule has 0 saturated heterocycles. The normalized spacial score (nSPS) is 15.5. The Hall–Kier alpha value is -2.52. The third-order valence-corrected chi connectivity index (χ3v) is 5.19. The summed E-state index contributed by atoms with van der Waals surface area (Å²) in [5.41, 5.74) is 6.34. The van der Waals surface area contributed by atoms with E-state index in [1.807, 2.05) is 36.7 Å². The molecule has 3 nitrogen and oxygen atoms in total. The number of hydrogen-bond acceptors (Lipinski definition) is 3. The van der Waals surface area contributed by atoms with E-state index >= 15 is 0 Å². The van der Waals surface area contributed by atoms with Crippen molar-refractivity contribution in [3.8, 4) is 0 Å². The summed E-state index contributed by atoms with van der Waals surface area (Å²) in [6.07, 6.45) is 5.95. The molecule has 1 N–H and O–H groups in total. The van der Waals surface area contributed by atoms with E-state index in [1.165, 1.54) is 22.4 Å². The Morgan fingerprint density at radius 3 is 2.88 bits per heavy atom. The summed E-state index contributed by atoms with van der Waals surface area (Å²) in [5, 5.41) is 4.40. The van der Waals surface area contributed by atoms with Crippen molar-refractivity contribution in [2.45, 2.75) is 25.4 Å². The zero-order valence-electron chi connectivity index (χ0n) is 14.8. The monoisotopic (exact) mass is 363 g/mol. The molecule has 4 rings (SSSR count). The second-order valence-electron chi connectivity index (χ2n) is 6.85. The molecule has 1 heterocycles. The van der Waals surface area contributed by atoms with Crippen molar-refractivity contribution in [1.29, 1.82) is 0 Å². The molecule has 132 valence electrons. The highest BCUT2D eigenvalue weighted by molar-refractivity contribution is 6.30. The highest BCUT2D eigenvalue weighted by Crippen LogP contribution is 2.36. The third-order valence-electron chi connectivity index (χ3n) is 4.96. The molecule has 26 heavy (non-hydrogen) atoms. The number of fused-ring (bicyclic) bond motifs is 1. The van der Waals surface area contributed by atoms with Crippen LogP contribution in [-0.2, 0) is 13.0 Å². The predicted molar refractivity (Wildman–Crippen MR) is 109 cm³/mol. The lowest BCUT2D eigenvalue weighted by molar-refractivity contribution is 0.761. The fraction of sp³-hybridized carbons (Fsp3) is 0.227. The van der Waals surface area contributed by atoms with Gasteiger partial charge >= 0.3 is 0 Å². The van der Waals surface area contributed by atoms with Gasteiger partial charge in [-0.05, 0) is 65.9 Å². The molecule has 1 unspecified atom stereocenters. The van der Waals surface area contributed by atoms with Gasteiger partial charge < -0.3 is 10.2 Å². The Bertz CT molecular complexity index is 895. The SMILES string of the molecule is CN(Cc1cccnc1)c1ccc2c(c1)C(Nc1cccc(Cl)c1)CC2. The first-order chi connectivity index (χ1) is 12.7. The van der Waals surface area contributed by atoms with Crippen molar-refractivity contribution in [2.75, 3.05) is 17.3 Å². The summed E-state index contributed by atoms with van der Waals surface area (Å²) in [5.74, 6) is 0. The van der Waals surface area contributed by atoms with Crippen LogP contribution < -0.4 is 10.2 Å². The minimum atomic E-state index is 0.329. The van der Waals surface area contributed by atoms with Crippen LogP contribution in [0.2, 0.25) is 5.02 Å². The zero-order chi connectivity index (χ0) is 17.9. The Labute approximate surface area is 159 Å². The average molecular weight is 364 g/mol. The Morgan fingerprint density at radius 2 is 2.08 bits per heavy atom. The van der Waals surface area contributed by atoms with Crippen LogP contribution in [0.25, 0.3) is 0 Å². The molecular weight excluding hydrogens is 342 g/mol. The lowest BCUT2D eigenvalue weighted by Crippen LogP contribution is -2.17. The number of nitrogens with one attached hydrogen (secondary N) is 1. The van der Waals surface area contributed by atoms with Crippen molar-refractivity contribution in [2.24, 2.45) is 0 Å². The molecule has 0 bridgehead atoms. The fourth-order valence-corrected chi connectivity index (χ4v) is 3.80. The van der Waals surface area contributed by atoms with E-state index in [4.69, 9.17) is 11.6 Å². The highest BCUT2D eigenvalue weighted by atomic mass is 35.5. The second-order valence-corrected chi connectivity index (χ2v) is 7.28. The number of nitrogens with zero attached hydrogens (tertiary/aromatic N) is 2. The molecule has 1 aliphatic rings. The van der Waals surface area contributed by atoms with Crippen LogP contribution in [0.5, 0.6) is 0 Å². The van der Waals surface area contributed by atoms with Gasteiger partial charge in [0.25, 0.3) is 0 Å². The third kappa shape index (κ3) is 3.68. The first-order valence-electron chi connectivity index (χ1n) is 8.94. The molecule has 0 saturated carbocycles. The van der Waals surface area contributed by atoms with Gasteiger partial charge in [-0.1, -0.05) is 29.8 Å². The van der Waals surface area contributed by atoms with Gasteiger partial charge in [-0.25, -0.2) is 0 Å². The molecule has 3 aromatic rings. The lowest BCUT2D eigenvalue weighted by atomic mass is 10.1. The number of aromatic nitrogens is 1. The van der Waals surface area contributed by atoms with E-state index in [-0.39, 0.29) is 0 Å². The number of anilines is 2. The second kappa shape index (κ2) is 7.38. The van der Waals surface area contributed by atoms with Gasteiger partial charge in [0.1, 0.15) is 0 Å². The fourth-order valence-electron chi connectivity index (χ4n) is 3.61. The van der Waals surface area contributed by atoms with Crippen LogP contribution in [0.1, 0.15) is 29.2 Å². The Balaban J connectivity index is 1.54. The smallest absolute Gasteiger partial charge is 0.0520 e. The molecule has 1 aromatic heterocycles. The molecule has 1 atom stereocenters. The molecule has 1 aliphatic carbocycles. The number of halogens is 1. The molecule has 0 fully saturated rings. The topological polar surface area (TPSA) is 28.2 Å². The van der Waals surface area contributed by atoms with Crippen molar-refractivity contribution in [3.05, 3.63) is 88.7 Å². The van der Waals surface area contributed by atoms with E-state index in [2.05, 4.69) is 52.6 Å². The van der Waals surface area contributed by atoms with Gasteiger partial charge in [0, 0.05) is 42.4 Å². The van der Waals surface area contributed by atoms with E-state index < -0.39 is 0 Å². The maximum atomic E-state index is 6.12. The van der Waals surface area contributed by atoms with Crippen molar-refractivity contribution < 1.29 is 0 Å². The largest absolute Gasteiger partial charge is 0.378 e. The minimum absolute atomic E-state index is 0.329. The summed E-state index contributed by atoms with van der Waals surface area (Å²) in [4.78, 5) is 6.48. The Morgan fingerprint density at radius 1 is 1.15 bits per heavy atom. The van der Waals surface area contributed by atoms with E-state index in [9.17, 15) is 0 Å². The van der Waals surface area contributed by atoms with E-state index in [1.54, 1.807) is 0 Å². The molecular formula is C22H22ClN3. The number of aryl methyl sites for hydroxylation is 1. The minimum Gasteiger partial charge on any atom is -0.378 e. The van der Waals surface area contributed by atoms with Crippen molar-refractivity contribution in [3.63, 3.8) is 0 Å². The molecule has 4 heteroatoms. The maximum Gasteiger partial charge on any atom is 0.0520 e. The van der Waals surface area contributed by atoms with Crippen LogP contribution in [0.4, 0.5) is 11.4 Å². The standard InChI is InChI=1S/C22H22ClN3/c1-26(15-16-4-3-11-24-14-16)20-9-7-17-8-10-22(21(17)13-20)25-19-6-2-5-18(23)12-19/h2-7,9,11-14,22,25H,8,10,15H2,1H3. The molecule has 2 aromatic carbocycles. The highest BCUT2D eigenvalue weighted by Gasteiger charge is 2.23. The molecule has 0 amide bonds. The number of pyridine rings is 1. The zero-order valence-corrected chi connectivity index (χ0v) is 15.6. The van der Waals surface area contributed by atoms with Crippen molar-refractivity contribution in [1.82, 2.24) is 4.98 Å². The lowest BCUT2D eigenvalue weighted by Gasteiger charge is -2.22. The van der Waals surface area contributed by atoms with E-state index in [0.717, 1.165) is 30.1 Å². The summed E-state index contributed by atoms with van der Waals surface area (Å²) in [6.45, 7) is 0.846. The summed E-state index contributed by atoms with van der Waals surface area (Å²) in [6, 6.07) is 19.2. The summed E-state index contributed by atoms with van der Waals surface area (Å²) < 4.78 is 0. The quantitative estimate of drug-likeness (QED) is 0.651. The van der Waals surface area contributed by atoms with Gasteiger partial charge in [0.05, 0.1) is 6.04 Å². The van der Waals surface area contributed by atoms with Crippen LogP contribution in [-0.4, -0.2) is 12.0 Å². The van der Waals surface area contributed by atoms with Gasteiger partial charge in [-0.3, -0.25) is 4.98 Å².